The van der Waals surface area contributed by atoms with Gasteiger partial charge in [-0.15, -0.1) is 0 Å². The molecule has 0 aliphatic carbocycles. The van der Waals surface area contributed by atoms with E-state index in [1.807, 2.05) is 0 Å². The van der Waals surface area contributed by atoms with Gasteiger partial charge in [-0.25, -0.2) is 0 Å². The lowest BCUT2D eigenvalue weighted by atomic mass is 10.1. The van der Waals surface area contributed by atoms with Crippen LogP contribution in [-0.2, 0) is 0 Å². The van der Waals surface area contributed by atoms with E-state index in [0.717, 1.165) is 0 Å². The average Bonchev–Trinajstić information content (AvgIpc) is 2.54. The number of nitrogens with one attached hydrogen (secondary N) is 1. The molecule has 0 heterocycles. The fourth-order valence-corrected chi connectivity index (χ4v) is 2.19. The smallest absolute Gasteiger partial charge is 0.259 e. The van der Waals surface area contributed by atoms with Gasteiger partial charge in [0.15, 0.2) is 0 Å². The number of carbonyl (C=O) groups is 1. The van der Waals surface area contributed by atoms with Crippen LogP contribution in [0.2, 0.25) is 5.02 Å². The molecule has 2 rings (SSSR count). The molecule has 0 fully saturated rings. The average molecular weight is 322 g/mol. The van der Waals surface area contributed by atoms with Crippen molar-refractivity contribution in [2.75, 3.05) is 26.6 Å². The largest absolute Gasteiger partial charge is 0.497 e. The number of hydrogen-bond donors (Lipinski definition) is 1. The molecule has 0 bridgehead atoms. The lowest BCUT2D eigenvalue weighted by molar-refractivity contribution is 0.102. The quantitative estimate of drug-likeness (QED) is 0.914. The Kier molecular flexibility index (Phi) is 5.12. The molecule has 0 atom stereocenters. The van der Waals surface area contributed by atoms with E-state index in [1.165, 1.54) is 14.2 Å². The van der Waals surface area contributed by atoms with Crippen molar-refractivity contribution in [2.45, 2.75) is 0 Å². The molecule has 0 aliphatic heterocycles. The number of hydrogen-bond acceptors (Lipinski definition) is 4. The molecular weight excluding hydrogens is 306 g/mol. The maximum Gasteiger partial charge on any atom is 0.259 e. The summed E-state index contributed by atoms with van der Waals surface area (Å²) in [5.74, 6) is 1.28. The highest BCUT2D eigenvalue weighted by Crippen LogP contribution is 2.29. The number of amides is 1. The molecule has 1 amide bonds. The molecule has 0 aliphatic rings. The summed E-state index contributed by atoms with van der Waals surface area (Å²) in [4.78, 5) is 12.4. The summed E-state index contributed by atoms with van der Waals surface area (Å²) < 4.78 is 15.4. The van der Waals surface area contributed by atoms with Crippen LogP contribution >= 0.6 is 11.6 Å². The van der Waals surface area contributed by atoms with Crippen LogP contribution in [0.25, 0.3) is 0 Å². The number of ether oxygens (including phenoxy) is 3. The summed E-state index contributed by atoms with van der Waals surface area (Å²) in [5.41, 5.74) is 0.962. The second-order valence-corrected chi connectivity index (χ2v) is 4.78. The van der Waals surface area contributed by atoms with Gasteiger partial charge >= 0.3 is 0 Å². The summed E-state index contributed by atoms with van der Waals surface area (Å²) in [7, 11) is 4.57. The van der Waals surface area contributed by atoms with Gasteiger partial charge in [0, 0.05) is 11.8 Å². The number of halogens is 1. The van der Waals surface area contributed by atoms with Gasteiger partial charge in [-0.05, 0) is 30.3 Å². The molecule has 5 nitrogen and oxygen atoms in total. The van der Waals surface area contributed by atoms with Gasteiger partial charge in [0.05, 0.1) is 31.9 Å². The van der Waals surface area contributed by atoms with E-state index in [1.54, 1.807) is 43.5 Å². The monoisotopic (exact) mass is 321 g/mol. The molecule has 1 N–H and O–H groups in total. The minimum atomic E-state index is -0.305. The van der Waals surface area contributed by atoms with E-state index in [0.29, 0.717) is 33.5 Å². The Morgan fingerprint density at radius 3 is 2.27 bits per heavy atom. The zero-order valence-electron chi connectivity index (χ0n) is 12.5. The molecular formula is C16H16ClNO4. The zero-order chi connectivity index (χ0) is 16.1. The number of benzene rings is 2. The van der Waals surface area contributed by atoms with Gasteiger partial charge in [0.25, 0.3) is 5.91 Å². The molecule has 0 unspecified atom stereocenters. The molecule has 0 spiro atoms. The molecule has 0 saturated carbocycles. The lowest BCUT2D eigenvalue weighted by Crippen LogP contribution is -2.13. The third kappa shape index (κ3) is 3.43. The van der Waals surface area contributed by atoms with Crippen molar-refractivity contribution >= 4 is 23.2 Å². The number of carbonyl (C=O) groups excluding carboxylic acids is 1. The van der Waals surface area contributed by atoms with E-state index in [4.69, 9.17) is 25.8 Å². The Morgan fingerprint density at radius 2 is 1.68 bits per heavy atom. The van der Waals surface area contributed by atoms with Gasteiger partial charge in [0.2, 0.25) is 0 Å². The zero-order valence-corrected chi connectivity index (χ0v) is 13.2. The minimum absolute atomic E-state index is 0.305. The summed E-state index contributed by atoms with van der Waals surface area (Å²) in [6.45, 7) is 0. The van der Waals surface area contributed by atoms with Crippen molar-refractivity contribution in [3.05, 3.63) is 47.0 Å². The highest BCUT2D eigenvalue weighted by molar-refractivity contribution is 6.32. The topological polar surface area (TPSA) is 56.8 Å². The van der Waals surface area contributed by atoms with Gasteiger partial charge in [-0.2, -0.15) is 0 Å². The Bertz CT molecular complexity index is 688. The van der Waals surface area contributed by atoms with Crippen LogP contribution in [0.5, 0.6) is 17.2 Å². The fraction of sp³-hybridized carbons (Fsp3) is 0.188. The van der Waals surface area contributed by atoms with Crippen molar-refractivity contribution in [2.24, 2.45) is 0 Å². The molecule has 6 heteroatoms. The van der Waals surface area contributed by atoms with Crippen LogP contribution in [0, 0.1) is 0 Å². The first-order chi connectivity index (χ1) is 10.6. The van der Waals surface area contributed by atoms with Crippen LogP contribution in [-0.4, -0.2) is 27.2 Å². The van der Waals surface area contributed by atoms with E-state index >= 15 is 0 Å². The summed E-state index contributed by atoms with van der Waals surface area (Å²) >= 11 is 6.04. The Labute approximate surface area is 133 Å². The van der Waals surface area contributed by atoms with Gasteiger partial charge < -0.3 is 19.5 Å². The molecule has 0 saturated heterocycles. The highest BCUT2D eigenvalue weighted by atomic mass is 35.5. The predicted molar refractivity (Wildman–Crippen MR) is 85.5 cm³/mol. The first-order valence-electron chi connectivity index (χ1n) is 6.46. The normalized spacial score (nSPS) is 10.0. The minimum Gasteiger partial charge on any atom is -0.497 e. The highest BCUT2D eigenvalue weighted by Gasteiger charge is 2.14. The number of anilines is 1. The molecule has 2 aromatic carbocycles. The fourth-order valence-electron chi connectivity index (χ4n) is 1.93. The molecule has 2 aromatic rings. The predicted octanol–water partition coefficient (Wildman–Crippen LogP) is 3.62. The van der Waals surface area contributed by atoms with Crippen LogP contribution in [0.4, 0.5) is 5.69 Å². The summed E-state index contributed by atoms with van der Waals surface area (Å²) in [6.07, 6.45) is 0. The van der Waals surface area contributed by atoms with Crippen molar-refractivity contribution < 1.29 is 19.0 Å². The molecule has 22 heavy (non-hydrogen) atoms. The maximum atomic E-state index is 12.4. The van der Waals surface area contributed by atoms with Crippen LogP contribution in [0.1, 0.15) is 10.4 Å². The van der Waals surface area contributed by atoms with Gasteiger partial charge in [0.1, 0.15) is 17.2 Å². The van der Waals surface area contributed by atoms with Crippen molar-refractivity contribution in [1.82, 2.24) is 0 Å². The van der Waals surface area contributed by atoms with Crippen molar-refractivity contribution in [3.63, 3.8) is 0 Å². The molecule has 0 aromatic heterocycles. The van der Waals surface area contributed by atoms with Crippen LogP contribution < -0.4 is 19.5 Å². The van der Waals surface area contributed by atoms with Crippen molar-refractivity contribution in [3.8, 4) is 17.2 Å². The maximum absolute atomic E-state index is 12.4. The van der Waals surface area contributed by atoms with E-state index in [9.17, 15) is 4.79 Å². The first-order valence-corrected chi connectivity index (χ1v) is 6.83. The Balaban J connectivity index is 2.23. The summed E-state index contributed by atoms with van der Waals surface area (Å²) in [5, 5.41) is 3.18. The van der Waals surface area contributed by atoms with Crippen molar-refractivity contribution in [1.29, 1.82) is 0 Å². The van der Waals surface area contributed by atoms with E-state index in [-0.39, 0.29) is 5.91 Å². The van der Waals surface area contributed by atoms with E-state index in [2.05, 4.69) is 5.32 Å². The second kappa shape index (κ2) is 7.04. The first kappa shape index (κ1) is 16.0. The van der Waals surface area contributed by atoms with Crippen LogP contribution in [0.15, 0.2) is 36.4 Å². The summed E-state index contributed by atoms with van der Waals surface area (Å²) in [6, 6.07) is 9.99. The standard InChI is InChI=1S/C16H16ClNO4/c1-20-11-5-6-12(15(9-11)22-3)16(19)18-10-4-7-14(21-2)13(17)8-10/h4-9H,1-3H3,(H,18,19). The molecule has 0 radical (unpaired) electrons. The van der Waals surface area contributed by atoms with E-state index < -0.39 is 0 Å². The lowest BCUT2D eigenvalue weighted by Gasteiger charge is -2.11. The Hall–Kier alpha value is -2.40. The van der Waals surface area contributed by atoms with Gasteiger partial charge in [-0.1, -0.05) is 11.6 Å². The van der Waals surface area contributed by atoms with Gasteiger partial charge in [-0.3, -0.25) is 4.79 Å². The third-order valence-corrected chi connectivity index (χ3v) is 3.36. The number of rotatable bonds is 5. The third-order valence-electron chi connectivity index (χ3n) is 3.06. The molecule has 116 valence electrons. The van der Waals surface area contributed by atoms with Crippen LogP contribution in [0.3, 0.4) is 0 Å². The SMILES string of the molecule is COc1ccc(C(=O)Nc2ccc(OC)c(Cl)c2)c(OC)c1. The number of methoxy groups -OCH3 is 3. The second-order valence-electron chi connectivity index (χ2n) is 4.37. The Morgan fingerprint density at radius 1 is 0.955 bits per heavy atom.